The molecule has 8 nitrogen and oxygen atoms in total. The Balaban J connectivity index is 1.74. The van der Waals surface area contributed by atoms with Crippen LogP contribution in [0.4, 0.5) is 11.4 Å². The van der Waals surface area contributed by atoms with Crippen LogP contribution in [0.3, 0.4) is 0 Å². The lowest BCUT2D eigenvalue weighted by molar-refractivity contribution is -0.123. The zero-order chi connectivity index (χ0) is 15.7. The van der Waals surface area contributed by atoms with Crippen molar-refractivity contribution in [3.05, 3.63) is 18.2 Å². The fraction of sp³-hybridized carbons (Fsp3) is 0.286. The van der Waals surface area contributed by atoms with E-state index in [9.17, 15) is 14.4 Å². The Labute approximate surface area is 125 Å². The van der Waals surface area contributed by atoms with Gasteiger partial charge >= 0.3 is 0 Å². The van der Waals surface area contributed by atoms with E-state index in [1.807, 2.05) is 0 Å². The van der Waals surface area contributed by atoms with E-state index in [0.717, 1.165) is 0 Å². The first-order valence-electron chi connectivity index (χ1n) is 6.81. The smallest absolute Gasteiger partial charge is 0.271 e. The van der Waals surface area contributed by atoms with Crippen molar-refractivity contribution < 1.29 is 19.1 Å². The topological polar surface area (TPSA) is 109 Å². The summed E-state index contributed by atoms with van der Waals surface area (Å²) in [4.78, 5) is 34.6. The molecule has 0 bridgehead atoms. The number of nitrogens with zero attached hydrogens (tertiary/aromatic N) is 1. The van der Waals surface area contributed by atoms with Crippen molar-refractivity contribution in [2.45, 2.75) is 25.9 Å². The lowest BCUT2D eigenvalue weighted by Crippen LogP contribution is -2.34. The van der Waals surface area contributed by atoms with Gasteiger partial charge in [-0.05, 0) is 25.1 Å². The number of ether oxygens (including phenoxy) is 1. The number of carbonyl (C=O) groups is 3. The minimum absolute atomic E-state index is 0.209. The summed E-state index contributed by atoms with van der Waals surface area (Å²) in [5.74, 6) is -0.293. The third-order valence-electron chi connectivity index (χ3n) is 3.33. The predicted octanol–water partition coefficient (Wildman–Crippen LogP) is 0.610. The maximum atomic E-state index is 12.0. The van der Waals surface area contributed by atoms with Gasteiger partial charge in [-0.3, -0.25) is 14.4 Å². The first-order chi connectivity index (χ1) is 10.5. The number of anilines is 2. The molecular formula is C14H14N4O4. The molecule has 0 fully saturated rings. The van der Waals surface area contributed by atoms with Gasteiger partial charge in [0.15, 0.2) is 6.10 Å². The summed E-state index contributed by atoms with van der Waals surface area (Å²) in [6.07, 6.45) is -0.0220. The van der Waals surface area contributed by atoms with E-state index in [-0.39, 0.29) is 23.9 Å². The number of rotatable bonds is 2. The summed E-state index contributed by atoms with van der Waals surface area (Å²) in [7, 11) is 0. The van der Waals surface area contributed by atoms with Gasteiger partial charge in [0.05, 0.1) is 5.69 Å². The molecule has 114 valence electrons. The molecule has 2 aliphatic heterocycles. The van der Waals surface area contributed by atoms with Crippen LogP contribution in [0.1, 0.15) is 19.8 Å². The number of hydrogen-bond acceptors (Lipinski definition) is 5. The van der Waals surface area contributed by atoms with E-state index in [1.54, 1.807) is 25.1 Å². The van der Waals surface area contributed by atoms with Gasteiger partial charge in [0.1, 0.15) is 11.5 Å². The van der Waals surface area contributed by atoms with Crippen LogP contribution < -0.4 is 20.8 Å². The predicted molar refractivity (Wildman–Crippen MR) is 78.6 cm³/mol. The van der Waals surface area contributed by atoms with Crippen molar-refractivity contribution in [3.8, 4) is 5.75 Å². The Kier molecular flexibility index (Phi) is 3.50. The molecule has 1 atom stereocenters. The molecule has 22 heavy (non-hydrogen) atoms. The first kappa shape index (κ1) is 14.1. The summed E-state index contributed by atoms with van der Waals surface area (Å²) < 4.78 is 5.44. The van der Waals surface area contributed by atoms with E-state index >= 15 is 0 Å². The highest BCUT2D eigenvalue weighted by molar-refractivity contribution is 6.43. The summed E-state index contributed by atoms with van der Waals surface area (Å²) >= 11 is 0. The minimum Gasteiger partial charge on any atom is -0.479 e. The van der Waals surface area contributed by atoms with Crippen LogP contribution in [0, 0.1) is 0 Å². The fourth-order valence-electron chi connectivity index (χ4n) is 2.13. The SMILES string of the molecule is CC1Oc2ccc(NC(=O)C3=NNC(=O)CC3)cc2NC1=O. The molecule has 0 radical (unpaired) electrons. The van der Waals surface area contributed by atoms with E-state index in [0.29, 0.717) is 23.5 Å². The van der Waals surface area contributed by atoms with Crippen LogP contribution in [0.15, 0.2) is 23.3 Å². The zero-order valence-electron chi connectivity index (χ0n) is 11.8. The highest BCUT2D eigenvalue weighted by Crippen LogP contribution is 2.32. The van der Waals surface area contributed by atoms with Gasteiger partial charge in [-0.15, -0.1) is 0 Å². The quantitative estimate of drug-likeness (QED) is 0.743. The summed E-state index contributed by atoms with van der Waals surface area (Å²) in [5.41, 5.74) is 3.53. The van der Waals surface area contributed by atoms with Crippen molar-refractivity contribution in [1.29, 1.82) is 0 Å². The molecule has 1 unspecified atom stereocenters. The maximum Gasteiger partial charge on any atom is 0.271 e. The molecule has 2 heterocycles. The van der Waals surface area contributed by atoms with Gasteiger partial charge in [0, 0.05) is 18.5 Å². The second-order valence-corrected chi connectivity index (χ2v) is 5.01. The van der Waals surface area contributed by atoms with Crippen LogP contribution in [-0.2, 0) is 14.4 Å². The van der Waals surface area contributed by atoms with Crippen LogP contribution in [0.2, 0.25) is 0 Å². The molecule has 3 rings (SSSR count). The zero-order valence-corrected chi connectivity index (χ0v) is 11.8. The van der Waals surface area contributed by atoms with E-state index in [2.05, 4.69) is 21.2 Å². The normalized spacial score (nSPS) is 20.0. The van der Waals surface area contributed by atoms with Gasteiger partial charge < -0.3 is 15.4 Å². The van der Waals surface area contributed by atoms with Crippen LogP contribution >= 0.6 is 0 Å². The average Bonchev–Trinajstić information content (AvgIpc) is 2.49. The van der Waals surface area contributed by atoms with Crippen molar-refractivity contribution in [1.82, 2.24) is 5.43 Å². The average molecular weight is 302 g/mol. The Morgan fingerprint density at radius 1 is 1.36 bits per heavy atom. The lowest BCUT2D eigenvalue weighted by Gasteiger charge is -2.23. The second-order valence-electron chi connectivity index (χ2n) is 5.01. The third-order valence-corrected chi connectivity index (χ3v) is 3.33. The van der Waals surface area contributed by atoms with Gasteiger partial charge in [-0.2, -0.15) is 5.10 Å². The molecule has 3 amide bonds. The van der Waals surface area contributed by atoms with Gasteiger partial charge in [-0.1, -0.05) is 0 Å². The van der Waals surface area contributed by atoms with Gasteiger partial charge in [0.2, 0.25) is 5.91 Å². The van der Waals surface area contributed by atoms with E-state index < -0.39 is 12.0 Å². The molecular weight excluding hydrogens is 288 g/mol. The second kappa shape index (κ2) is 5.47. The first-order valence-corrected chi connectivity index (χ1v) is 6.81. The fourth-order valence-corrected chi connectivity index (χ4v) is 2.13. The Hall–Kier alpha value is -2.90. The Bertz CT molecular complexity index is 698. The number of nitrogens with one attached hydrogen (secondary N) is 3. The van der Waals surface area contributed by atoms with Crippen molar-refractivity contribution in [2.24, 2.45) is 5.10 Å². The van der Waals surface area contributed by atoms with Crippen molar-refractivity contribution in [2.75, 3.05) is 10.6 Å². The van der Waals surface area contributed by atoms with Gasteiger partial charge in [0.25, 0.3) is 11.8 Å². The molecule has 0 spiro atoms. The lowest BCUT2D eigenvalue weighted by atomic mass is 10.1. The minimum atomic E-state index is -0.548. The van der Waals surface area contributed by atoms with Crippen molar-refractivity contribution in [3.63, 3.8) is 0 Å². The van der Waals surface area contributed by atoms with Gasteiger partial charge in [-0.25, -0.2) is 5.43 Å². The maximum absolute atomic E-state index is 12.0. The monoisotopic (exact) mass is 302 g/mol. The summed E-state index contributed by atoms with van der Waals surface area (Å²) in [5, 5.41) is 9.11. The standard InChI is InChI=1S/C14H14N4O4/c1-7-13(20)16-10-6-8(2-4-11(10)22-7)15-14(21)9-3-5-12(19)18-17-9/h2,4,6-7H,3,5H2,1H3,(H,15,21)(H,16,20)(H,18,19). The molecule has 3 N–H and O–H groups in total. The summed E-state index contributed by atoms with van der Waals surface area (Å²) in [6.45, 7) is 1.66. The van der Waals surface area contributed by atoms with Crippen molar-refractivity contribution >= 4 is 34.8 Å². The third kappa shape index (κ3) is 2.76. The molecule has 2 aliphatic rings. The van der Waals surface area contributed by atoms with Crippen LogP contribution in [0.5, 0.6) is 5.75 Å². The van der Waals surface area contributed by atoms with E-state index in [4.69, 9.17) is 4.74 Å². The number of hydrazone groups is 1. The number of hydrogen-bond donors (Lipinski definition) is 3. The summed E-state index contributed by atoms with van der Waals surface area (Å²) in [6, 6.07) is 4.95. The van der Waals surface area contributed by atoms with E-state index in [1.165, 1.54) is 0 Å². The molecule has 0 aromatic heterocycles. The molecule has 8 heteroatoms. The highest BCUT2D eigenvalue weighted by Gasteiger charge is 2.24. The highest BCUT2D eigenvalue weighted by atomic mass is 16.5. The van der Waals surface area contributed by atoms with Crippen LogP contribution in [-0.4, -0.2) is 29.5 Å². The molecule has 0 saturated carbocycles. The number of fused-ring (bicyclic) bond motifs is 1. The Morgan fingerprint density at radius 3 is 2.91 bits per heavy atom. The molecule has 0 saturated heterocycles. The largest absolute Gasteiger partial charge is 0.479 e. The molecule has 1 aromatic rings. The number of amides is 3. The van der Waals surface area contributed by atoms with Crippen LogP contribution in [0.25, 0.3) is 0 Å². The molecule has 0 aliphatic carbocycles. The molecule has 1 aromatic carbocycles. The Morgan fingerprint density at radius 2 is 2.18 bits per heavy atom. The number of carbonyl (C=O) groups excluding carboxylic acids is 3. The number of benzene rings is 1.